The maximum atomic E-state index is 11.3. The number of nitro benzene ring substituents is 1. The van der Waals surface area contributed by atoms with E-state index in [1.54, 1.807) is 6.07 Å². The van der Waals surface area contributed by atoms with Gasteiger partial charge in [-0.15, -0.1) is 0 Å². The number of nitrogens with zero attached hydrogens (tertiary/aromatic N) is 2. The van der Waals surface area contributed by atoms with Gasteiger partial charge < -0.3 is 10.2 Å². The van der Waals surface area contributed by atoms with E-state index in [1.165, 1.54) is 19.3 Å². The molecule has 1 aromatic carbocycles. The first-order valence-corrected chi connectivity index (χ1v) is 7.88. The Morgan fingerprint density at radius 2 is 2.19 bits per heavy atom. The minimum Gasteiger partial charge on any atom is -0.366 e. The Hall–Kier alpha value is -1.62. The van der Waals surface area contributed by atoms with Gasteiger partial charge in [0.15, 0.2) is 0 Å². The largest absolute Gasteiger partial charge is 0.366 e. The summed E-state index contributed by atoms with van der Waals surface area (Å²) in [5.41, 5.74) is 1.97. The van der Waals surface area contributed by atoms with Crippen molar-refractivity contribution in [3.63, 3.8) is 0 Å². The van der Waals surface area contributed by atoms with Crippen LogP contribution in [0.25, 0.3) is 0 Å². The summed E-state index contributed by atoms with van der Waals surface area (Å²) in [7, 11) is 0. The smallest absolute Gasteiger partial charge is 0.292 e. The van der Waals surface area contributed by atoms with Gasteiger partial charge in [-0.05, 0) is 56.7 Å². The molecule has 0 spiro atoms. The van der Waals surface area contributed by atoms with E-state index in [4.69, 9.17) is 0 Å². The van der Waals surface area contributed by atoms with Crippen LogP contribution in [0.3, 0.4) is 0 Å². The van der Waals surface area contributed by atoms with Crippen LogP contribution in [-0.2, 0) is 0 Å². The van der Waals surface area contributed by atoms with Gasteiger partial charge in [-0.1, -0.05) is 6.07 Å². The highest BCUT2D eigenvalue weighted by Crippen LogP contribution is 2.34. The lowest BCUT2D eigenvalue weighted by Gasteiger charge is -2.37. The zero-order chi connectivity index (χ0) is 14.8. The normalized spacial score (nSPS) is 26.0. The number of rotatable bonds is 3. The molecule has 0 amide bonds. The van der Waals surface area contributed by atoms with E-state index in [0.717, 1.165) is 37.3 Å². The van der Waals surface area contributed by atoms with E-state index in [9.17, 15) is 10.1 Å². The van der Waals surface area contributed by atoms with E-state index < -0.39 is 0 Å². The van der Waals surface area contributed by atoms with Gasteiger partial charge in [-0.3, -0.25) is 10.1 Å². The molecule has 2 unspecified atom stereocenters. The number of aryl methyl sites for hydroxylation is 1. The quantitative estimate of drug-likeness (QED) is 0.686. The SMILES string of the molecule is Cc1ccc(N2CCCC(C3CCCN3)C2)c([N+](=O)[O-])c1. The van der Waals surface area contributed by atoms with E-state index in [-0.39, 0.29) is 10.6 Å². The second kappa shape index (κ2) is 6.02. The van der Waals surface area contributed by atoms with Gasteiger partial charge in [0.2, 0.25) is 0 Å². The summed E-state index contributed by atoms with van der Waals surface area (Å²) >= 11 is 0. The topological polar surface area (TPSA) is 58.4 Å². The molecule has 0 aromatic heterocycles. The molecule has 1 aromatic rings. The standard InChI is InChI=1S/C16H23N3O2/c1-12-6-7-15(16(10-12)19(20)21)18-9-3-4-13(11-18)14-5-2-8-17-14/h6-7,10,13-14,17H,2-5,8-9,11H2,1H3. The summed E-state index contributed by atoms with van der Waals surface area (Å²) in [6, 6.07) is 6.17. The first-order valence-electron chi connectivity index (χ1n) is 7.88. The molecule has 2 atom stereocenters. The predicted octanol–water partition coefficient (Wildman–Crippen LogP) is 2.87. The van der Waals surface area contributed by atoms with E-state index in [1.807, 2.05) is 19.1 Å². The third-order valence-electron chi connectivity index (χ3n) is 4.79. The van der Waals surface area contributed by atoms with Gasteiger partial charge in [0.25, 0.3) is 5.69 Å². The number of hydrogen-bond donors (Lipinski definition) is 1. The maximum absolute atomic E-state index is 11.3. The molecule has 2 fully saturated rings. The number of nitrogens with one attached hydrogen (secondary N) is 1. The van der Waals surface area contributed by atoms with E-state index >= 15 is 0 Å². The number of anilines is 1. The summed E-state index contributed by atoms with van der Waals surface area (Å²) in [6.07, 6.45) is 4.85. The molecule has 0 bridgehead atoms. The molecule has 5 nitrogen and oxygen atoms in total. The van der Waals surface area contributed by atoms with Gasteiger partial charge in [-0.2, -0.15) is 0 Å². The van der Waals surface area contributed by atoms with E-state index in [0.29, 0.717) is 12.0 Å². The fourth-order valence-corrected chi connectivity index (χ4v) is 3.72. The van der Waals surface area contributed by atoms with Crippen LogP contribution in [-0.4, -0.2) is 30.6 Å². The molecular weight excluding hydrogens is 266 g/mol. The molecule has 0 saturated carbocycles. The molecular formula is C16H23N3O2. The molecule has 2 heterocycles. The highest BCUT2D eigenvalue weighted by Gasteiger charge is 2.31. The van der Waals surface area contributed by atoms with Gasteiger partial charge in [0.1, 0.15) is 5.69 Å². The molecule has 0 radical (unpaired) electrons. The minimum absolute atomic E-state index is 0.245. The molecule has 2 saturated heterocycles. The fourth-order valence-electron chi connectivity index (χ4n) is 3.72. The van der Waals surface area contributed by atoms with Gasteiger partial charge in [-0.25, -0.2) is 0 Å². The van der Waals surface area contributed by atoms with E-state index in [2.05, 4.69) is 10.2 Å². The minimum atomic E-state index is -0.250. The lowest BCUT2D eigenvalue weighted by Crippen LogP contribution is -2.43. The first kappa shape index (κ1) is 14.3. The van der Waals surface area contributed by atoms with Crippen LogP contribution in [0.5, 0.6) is 0 Å². The number of nitro groups is 1. The third kappa shape index (κ3) is 3.02. The number of piperidine rings is 1. The van der Waals surface area contributed by atoms with Crippen LogP contribution < -0.4 is 10.2 Å². The third-order valence-corrected chi connectivity index (χ3v) is 4.79. The van der Waals surface area contributed by atoms with Crippen molar-refractivity contribution in [2.45, 2.75) is 38.6 Å². The molecule has 21 heavy (non-hydrogen) atoms. The second-order valence-corrected chi connectivity index (χ2v) is 6.30. The Labute approximate surface area is 125 Å². The monoisotopic (exact) mass is 289 g/mol. The molecule has 114 valence electrons. The Kier molecular flexibility index (Phi) is 4.10. The second-order valence-electron chi connectivity index (χ2n) is 6.30. The van der Waals surface area contributed by atoms with Gasteiger partial charge >= 0.3 is 0 Å². The Morgan fingerprint density at radius 3 is 2.90 bits per heavy atom. The molecule has 1 N–H and O–H groups in total. The summed E-state index contributed by atoms with van der Waals surface area (Å²) < 4.78 is 0. The predicted molar refractivity (Wildman–Crippen MR) is 83.8 cm³/mol. The summed E-state index contributed by atoms with van der Waals surface area (Å²) in [6.45, 7) is 4.87. The lowest BCUT2D eigenvalue weighted by atomic mass is 9.89. The number of benzene rings is 1. The highest BCUT2D eigenvalue weighted by atomic mass is 16.6. The van der Waals surface area contributed by atoms with Crippen molar-refractivity contribution in [1.82, 2.24) is 5.32 Å². The number of hydrogen-bond acceptors (Lipinski definition) is 4. The fraction of sp³-hybridized carbons (Fsp3) is 0.625. The molecule has 0 aliphatic carbocycles. The zero-order valence-electron chi connectivity index (χ0n) is 12.5. The molecule has 2 aliphatic heterocycles. The van der Waals surface area contributed by atoms with Crippen molar-refractivity contribution in [1.29, 1.82) is 0 Å². The average molecular weight is 289 g/mol. The Bertz CT molecular complexity index is 526. The van der Waals surface area contributed by atoms with Crippen molar-refractivity contribution in [2.75, 3.05) is 24.5 Å². The van der Waals surface area contributed by atoms with Crippen molar-refractivity contribution < 1.29 is 4.92 Å². The van der Waals surface area contributed by atoms with Crippen LogP contribution >= 0.6 is 0 Å². The van der Waals surface area contributed by atoms with Gasteiger partial charge in [0.05, 0.1) is 4.92 Å². The Morgan fingerprint density at radius 1 is 1.33 bits per heavy atom. The average Bonchev–Trinajstić information content (AvgIpc) is 3.01. The van der Waals surface area contributed by atoms with Crippen molar-refractivity contribution in [2.24, 2.45) is 5.92 Å². The van der Waals surface area contributed by atoms with Crippen LogP contribution in [0.4, 0.5) is 11.4 Å². The first-order chi connectivity index (χ1) is 10.1. The van der Waals surface area contributed by atoms with Crippen molar-refractivity contribution in [3.8, 4) is 0 Å². The van der Waals surface area contributed by atoms with Crippen molar-refractivity contribution >= 4 is 11.4 Å². The summed E-state index contributed by atoms with van der Waals surface area (Å²) in [4.78, 5) is 13.3. The van der Waals surface area contributed by atoms with Crippen LogP contribution in [0.1, 0.15) is 31.2 Å². The van der Waals surface area contributed by atoms with Gasteiger partial charge in [0, 0.05) is 25.2 Å². The molecule has 2 aliphatic rings. The Balaban J connectivity index is 1.81. The van der Waals surface area contributed by atoms with Crippen LogP contribution in [0.15, 0.2) is 18.2 Å². The van der Waals surface area contributed by atoms with Crippen molar-refractivity contribution in [3.05, 3.63) is 33.9 Å². The van der Waals surface area contributed by atoms with Crippen LogP contribution in [0.2, 0.25) is 0 Å². The lowest BCUT2D eigenvalue weighted by molar-refractivity contribution is -0.384. The zero-order valence-corrected chi connectivity index (χ0v) is 12.5. The molecule has 3 rings (SSSR count). The van der Waals surface area contributed by atoms with Crippen LogP contribution in [0, 0.1) is 23.0 Å². The summed E-state index contributed by atoms with van der Waals surface area (Å²) in [5.74, 6) is 0.613. The molecule has 5 heteroatoms. The maximum Gasteiger partial charge on any atom is 0.292 e. The summed E-state index contributed by atoms with van der Waals surface area (Å²) in [5, 5.41) is 14.9. The highest BCUT2D eigenvalue weighted by molar-refractivity contribution is 5.64.